The van der Waals surface area contributed by atoms with Crippen molar-refractivity contribution in [2.45, 2.75) is 31.1 Å². The monoisotopic (exact) mass is 413 g/mol. The summed E-state index contributed by atoms with van der Waals surface area (Å²) >= 11 is 6.61. The van der Waals surface area contributed by atoms with E-state index in [1.807, 2.05) is 24.4 Å². The van der Waals surface area contributed by atoms with Crippen LogP contribution in [0.1, 0.15) is 35.5 Å². The third kappa shape index (κ3) is 4.38. The zero-order valence-electron chi connectivity index (χ0n) is 15.8. The lowest BCUT2D eigenvalue weighted by Gasteiger charge is -2.38. The third-order valence-electron chi connectivity index (χ3n) is 5.52. The molecule has 3 aromatic rings. The minimum absolute atomic E-state index is 0. The van der Waals surface area contributed by atoms with E-state index in [1.165, 1.54) is 11.1 Å². The van der Waals surface area contributed by atoms with E-state index in [1.54, 1.807) is 0 Å². The fourth-order valence-corrected chi connectivity index (χ4v) is 4.37. The molecule has 0 spiro atoms. The highest BCUT2D eigenvalue weighted by Gasteiger charge is 2.38. The predicted octanol–water partition coefficient (Wildman–Crippen LogP) is 5.01. The van der Waals surface area contributed by atoms with Gasteiger partial charge in [0.05, 0.1) is 5.69 Å². The van der Waals surface area contributed by atoms with Gasteiger partial charge in [0.2, 0.25) is 0 Å². The fraction of sp³-hybridized carbons (Fsp3) is 0.304. The zero-order valence-corrected chi connectivity index (χ0v) is 17.3. The number of halogens is 2. The number of aromatic nitrogens is 2. The van der Waals surface area contributed by atoms with Crippen molar-refractivity contribution in [3.05, 3.63) is 94.5 Å². The van der Waals surface area contributed by atoms with E-state index in [0.29, 0.717) is 0 Å². The first-order valence-corrected chi connectivity index (χ1v) is 9.98. The Hall–Kier alpha value is -1.94. The van der Waals surface area contributed by atoms with Crippen LogP contribution in [0.5, 0.6) is 0 Å². The van der Waals surface area contributed by atoms with Gasteiger partial charge in [-0.25, -0.2) is 9.97 Å². The van der Waals surface area contributed by atoms with Crippen molar-refractivity contribution in [1.82, 2.24) is 15.3 Å². The van der Waals surface area contributed by atoms with Crippen molar-refractivity contribution in [3.8, 4) is 0 Å². The lowest BCUT2D eigenvalue weighted by Crippen LogP contribution is -2.41. The van der Waals surface area contributed by atoms with Gasteiger partial charge in [-0.3, -0.25) is 0 Å². The normalized spacial score (nSPS) is 15.6. The van der Waals surface area contributed by atoms with Gasteiger partial charge in [-0.15, -0.1) is 12.4 Å². The molecule has 1 saturated heterocycles. The molecule has 1 aromatic heterocycles. The largest absolute Gasteiger partial charge is 0.317 e. The molecule has 1 aliphatic heterocycles. The number of nitrogens with one attached hydrogen (secondary N) is 1. The van der Waals surface area contributed by atoms with Gasteiger partial charge in [0.25, 0.3) is 0 Å². The van der Waals surface area contributed by atoms with Gasteiger partial charge >= 0.3 is 0 Å². The number of aryl methyl sites for hydroxylation is 2. The van der Waals surface area contributed by atoms with E-state index in [-0.39, 0.29) is 17.8 Å². The van der Waals surface area contributed by atoms with Crippen LogP contribution in [0.2, 0.25) is 5.02 Å². The molecule has 0 amide bonds. The van der Waals surface area contributed by atoms with Gasteiger partial charge in [-0.2, -0.15) is 0 Å². The van der Waals surface area contributed by atoms with Gasteiger partial charge in [0, 0.05) is 23.1 Å². The lowest BCUT2D eigenvalue weighted by molar-refractivity contribution is 0.353. The van der Waals surface area contributed by atoms with E-state index in [0.717, 1.165) is 55.3 Å². The molecule has 1 N–H and O–H groups in total. The molecule has 146 valence electrons. The quantitative estimate of drug-likeness (QED) is 0.638. The second-order valence-corrected chi connectivity index (χ2v) is 7.56. The van der Waals surface area contributed by atoms with Crippen LogP contribution >= 0.6 is 24.0 Å². The van der Waals surface area contributed by atoms with Crippen LogP contribution in [0, 0.1) is 0 Å². The van der Waals surface area contributed by atoms with E-state index < -0.39 is 0 Å². The Morgan fingerprint density at radius 2 is 1.61 bits per heavy atom. The van der Waals surface area contributed by atoms with Crippen LogP contribution in [0.15, 0.2) is 66.9 Å². The summed E-state index contributed by atoms with van der Waals surface area (Å²) in [4.78, 5) is 9.54. The first-order valence-electron chi connectivity index (χ1n) is 9.60. The number of nitrogens with zero attached hydrogens (tertiary/aromatic N) is 2. The van der Waals surface area contributed by atoms with Crippen molar-refractivity contribution >= 4 is 24.0 Å². The lowest BCUT2D eigenvalue weighted by atomic mass is 9.70. The summed E-state index contributed by atoms with van der Waals surface area (Å²) in [5.74, 6) is 0.904. The summed E-state index contributed by atoms with van der Waals surface area (Å²) in [6.45, 7) is 1.93. The Balaban J connectivity index is 0.00000225. The number of benzene rings is 2. The van der Waals surface area contributed by atoms with Gasteiger partial charge in [-0.05, 0) is 55.6 Å². The van der Waals surface area contributed by atoms with E-state index in [4.69, 9.17) is 16.6 Å². The van der Waals surface area contributed by atoms with E-state index >= 15 is 0 Å². The molecular weight excluding hydrogens is 389 g/mol. The van der Waals surface area contributed by atoms with Crippen LogP contribution in [0.25, 0.3) is 0 Å². The number of hydrogen-bond donors (Lipinski definition) is 1. The molecule has 1 aliphatic rings. The summed E-state index contributed by atoms with van der Waals surface area (Å²) in [5, 5.41) is 4.30. The van der Waals surface area contributed by atoms with Crippen molar-refractivity contribution in [2.75, 3.05) is 13.1 Å². The first-order chi connectivity index (χ1) is 13.3. The predicted molar refractivity (Wildman–Crippen MR) is 117 cm³/mol. The molecule has 0 atom stereocenters. The van der Waals surface area contributed by atoms with Gasteiger partial charge in [0.15, 0.2) is 0 Å². The maximum Gasteiger partial charge on any atom is 0.128 e. The SMILES string of the molecule is Cl.Clc1ccccc1C1(c2ccnc(CCc3ccccc3)n2)CCNCC1. The number of rotatable bonds is 5. The Bertz CT molecular complexity index is 893. The second kappa shape index (κ2) is 9.51. The van der Waals surface area contributed by atoms with E-state index in [9.17, 15) is 0 Å². The zero-order chi connectivity index (χ0) is 18.5. The van der Waals surface area contributed by atoms with Crippen LogP contribution in [-0.4, -0.2) is 23.1 Å². The first kappa shape index (κ1) is 20.8. The fourth-order valence-electron chi connectivity index (χ4n) is 4.05. The topological polar surface area (TPSA) is 37.8 Å². The standard InChI is InChI=1S/C23H24ClN3.ClH/c24-20-9-5-4-8-19(20)23(13-16-25-17-14-23)21-12-15-26-22(27-21)11-10-18-6-2-1-3-7-18;/h1-9,12,15,25H,10-11,13-14,16-17H2;1H. The van der Waals surface area contributed by atoms with Crippen molar-refractivity contribution in [1.29, 1.82) is 0 Å². The second-order valence-electron chi connectivity index (χ2n) is 7.16. The van der Waals surface area contributed by atoms with Gasteiger partial charge in [0.1, 0.15) is 5.82 Å². The molecule has 0 bridgehead atoms. The Labute approximate surface area is 178 Å². The maximum absolute atomic E-state index is 6.61. The number of hydrogen-bond acceptors (Lipinski definition) is 3. The molecule has 1 fully saturated rings. The van der Waals surface area contributed by atoms with Crippen molar-refractivity contribution in [2.24, 2.45) is 0 Å². The highest BCUT2D eigenvalue weighted by Crippen LogP contribution is 2.42. The highest BCUT2D eigenvalue weighted by molar-refractivity contribution is 6.31. The summed E-state index contributed by atoms with van der Waals surface area (Å²) in [6, 6.07) is 20.8. The third-order valence-corrected chi connectivity index (χ3v) is 5.85. The van der Waals surface area contributed by atoms with Crippen LogP contribution in [0.4, 0.5) is 0 Å². The summed E-state index contributed by atoms with van der Waals surface area (Å²) in [7, 11) is 0. The molecule has 0 saturated carbocycles. The van der Waals surface area contributed by atoms with Gasteiger partial charge in [-0.1, -0.05) is 60.1 Å². The molecule has 0 radical (unpaired) electrons. The molecule has 3 nitrogen and oxygen atoms in total. The van der Waals surface area contributed by atoms with Gasteiger partial charge < -0.3 is 5.32 Å². The van der Waals surface area contributed by atoms with Crippen molar-refractivity contribution in [3.63, 3.8) is 0 Å². The molecule has 0 aliphatic carbocycles. The number of piperidine rings is 1. The summed E-state index contributed by atoms with van der Waals surface area (Å²) < 4.78 is 0. The molecule has 5 heteroatoms. The molecular formula is C23H25Cl2N3. The maximum atomic E-state index is 6.61. The molecule has 4 rings (SSSR count). The molecule has 2 heterocycles. The van der Waals surface area contributed by atoms with E-state index in [2.05, 4.69) is 52.8 Å². The Morgan fingerprint density at radius 1 is 0.893 bits per heavy atom. The van der Waals surface area contributed by atoms with Crippen LogP contribution in [0.3, 0.4) is 0 Å². The average molecular weight is 414 g/mol. The molecule has 28 heavy (non-hydrogen) atoms. The highest BCUT2D eigenvalue weighted by atomic mass is 35.5. The summed E-state index contributed by atoms with van der Waals surface area (Å²) in [5.41, 5.74) is 3.44. The Kier molecular flexibility index (Phi) is 7.06. The molecule has 0 unspecified atom stereocenters. The minimum Gasteiger partial charge on any atom is -0.317 e. The molecule has 2 aromatic carbocycles. The van der Waals surface area contributed by atoms with Crippen LogP contribution < -0.4 is 5.32 Å². The average Bonchev–Trinajstić information content (AvgIpc) is 2.74. The smallest absolute Gasteiger partial charge is 0.128 e. The van der Waals surface area contributed by atoms with Crippen molar-refractivity contribution < 1.29 is 0 Å². The Morgan fingerprint density at radius 3 is 2.36 bits per heavy atom. The minimum atomic E-state index is -0.145. The summed E-state index contributed by atoms with van der Waals surface area (Å²) in [6.07, 6.45) is 5.68. The van der Waals surface area contributed by atoms with Crippen LogP contribution in [-0.2, 0) is 18.3 Å².